The maximum absolute atomic E-state index is 12.0. The number of nitrogens with zero attached hydrogens (tertiary/aromatic N) is 2. The van der Waals surface area contributed by atoms with Crippen molar-refractivity contribution in [1.82, 2.24) is 10.2 Å². The van der Waals surface area contributed by atoms with Gasteiger partial charge in [0.2, 0.25) is 0 Å². The minimum Gasteiger partial charge on any atom is -0.494 e. The molecule has 0 unspecified atom stereocenters. The van der Waals surface area contributed by atoms with E-state index in [1.807, 2.05) is 24.3 Å². The fourth-order valence-corrected chi connectivity index (χ4v) is 2.80. The minimum absolute atomic E-state index is 0.0737. The van der Waals surface area contributed by atoms with E-state index in [1.165, 1.54) is 0 Å². The first-order valence-electron chi connectivity index (χ1n) is 10.0. The summed E-state index contributed by atoms with van der Waals surface area (Å²) in [5, 5.41) is 2.93. The Morgan fingerprint density at radius 3 is 2.37 bits per heavy atom. The summed E-state index contributed by atoms with van der Waals surface area (Å²) in [6, 6.07) is 14.7. The number of aliphatic imine (C=N–C) groups is 1. The van der Waals surface area contributed by atoms with Crippen molar-refractivity contribution >= 4 is 17.6 Å². The van der Waals surface area contributed by atoms with E-state index in [0.29, 0.717) is 30.9 Å². The molecule has 8 heteroatoms. The summed E-state index contributed by atoms with van der Waals surface area (Å²) in [5.74, 6) is 0.843. The van der Waals surface area contributed by atoms with E-state index in [1.54, 1.807) is 24.3 Å². The number of hydrogen-bond donors (Lipinski definition) is 4. The van der Waals surface area contributed by atoms with E-state index in [4.69, 9.17) is 21.9 Å². The van der Waals surface area contributed by atoms with Gasteiger partial charge in [-0.2, -0.15) is 0 Å². The lowest BCUT2D eigenvalue weighted by molar-refractivity contribution is 0.0952. The number of anilines is 1. The van der Waals surface area contributed by atoms with Gasteiger partial charge in [-0.3, -0.25) is 4.79 Å². The normalized spacial score (nSPS) is 10.6. The largest absolute Gasteiger partial charge is 0.494 e. The first kappa shape index (κ1) is 23.0. The number of ether oxygens (including phenoxy) is 1. The molecule has 0 saturated heterocycles. The Labute approximate surface area is 178 Å². The molecule has 2 aromatic carbocycles. The van der Waals surface area contributed by atoms with Crippen molar-refractivity contribution in [2.75, 3.05) is 39.0 Å². The third-order valence-corrected chi connectivity index (χ3v) is 4.50. The van der Waals surface area contributed by atoms with Crippen molar-refractivity contribution in [3.63, 3.8) is 0 Å². The van der Waals surface area contributed by atoms with Gasteiger partial charge in [0.1, 0.15) is 5.75 Å². The number of nitrogen functional groups attached to an aromatic ring is 1. The van der Waals surface area contributed by atoms with Gasteiger partial charge in [0.25, 0.3) is 5.91 Å². The maximum Gasteiger partial charge on any atom is 0.251 e. The minimum atomic E-state index is -0.0737. The van der Waals surface area contributed by atoms with Crippen LogP contribution < -0.4 is 27.3 Å². The summed E-state index contributed by atoms with van der Waals surface area (Å²) in [6.07, 6.45) is 1.80. The van der Waals surface area contributed by atoms with Gasteiger partial charge in [-0.15, -0.1) is 0 Å². The fourth-order valence-electron chi connectivity index (χ4n) is 2.80. The summed E-state index contributed by atoms with van der Waals surface area (Å²) < 4.78 is 5.77. The molecular formula is C22H32N6O2. The van der Waals surface area contributed by atoms with Crippen molar-refractivity contribution in [2.45, 2.75) is 19.4 Å². The van der Waals surface area contributed by atoms with Crippen LogP contribution in [0, 0.1) is 0 Å². The van der Waals surface area contributed by atoms with Crippen LogP contribution in [0.4, 0.5) is 5.69 Å². The molecule has 30 heavy (non-hydrogen) atoms. The molecule has 0 saturated carbocycles. The molecule has 0 fully saturated rings. The first-order chi connectivity index (χ1) is 14.4. The monoisotopic (exact) mass is 412 g/mol. The van der Waals surface area contributed by atoms with Crippen LogP contribution in [0.3, 0.4) is 0 Å². The third-order valence-electron chi connectivity index (χ3n) is 4.50. The molecule has 0 aliphatic carbocycles. The quantitative estimate of drug-likeness (QED) is 0.181. The van der Waals surface area contributed by atoms with Gasteiger partial charge in [-0.05, 0) is 68.4 Å². The van der Waals surface area contributed by atoms with Crippen molar-refractivity contribution in [3.05, 3.63) is 59.7 Å². The number of carbonyl (C=O) groups excluding carboxylic acids is 1. The average Bonchev–Trinajstić information content (AvgIpc) is 2.74. The standard InChI is InChI=1S/C22H32N6O2/c1-28(13-2-12-26-21(29)18-6-8-19(23)9-7-18)14-3-15-30-20-10-4-17(5-11-20)16-27-22(24)25/h4-11H,2-3,12-16,23H2,1H3,(H,26,29)(H4,24,25,27). The zero-order chi connectivity index (χ0) is 21.8. The fraction of sp³-hybridized carbons (Fsp3) is 0.364. The predicted molar refractivity (Wildman–Crippen MR) is 121 cm³/mol. The molecule has 7 N–H and O–H groups in total. The van der Waals surface area contributed by atoms with Crippen molar-refractivity contribution in [2.24, 2.45) is 16.5 Å². The van der Waals surface area contributed by atoms with Crippen LogP contribution >= 0.6 is 0 Å². The van der Waals surface area contributed by atoms with Crippen LogP contribution in [0.2, 0.25) is 0 Å². The highest BCUT2D eigenvalue weighted by molar-refractivity contribution is 5.94. The lowest BCUT2D eigenvalue weighted by Crippen LogP contribution is -2.29. The van der Waals surface area contributed by atoms with E-state index in [0.717, 1.165) is 37.2 Å². The Bertz CT molecular complexity index is 801. The smallest absolute Gasteiger partial charge is 0.251 e. The van der Waals surface area contributed by atoms with Crippen molar-refractivity contribution in [3.8, 4) is 5.75 Å². The Morgan fingerprint density at radius 2 is 1.70 bits per heavy atom. The van der Waals surface area contributed by atoms with Gasteiger partial charge < -0.3 is 32.2 Å². The van der Waals surface area contributed by atoms with E-state index < -0.39 is 0 Å². The SMILES string of the molecule is CN(CCCNC(=O)c1ccc(N)cc1)CCCOc1ccc(CN=C(N)N)cc1. The zero-order valence-corrected chi connectivity index (χ0v) is 17.5. The molecule has 2 rings (SSSR count). The molecule has 0 atom stereocenters. The summed E-state index contributed by atoms with van der Waals surface area (Å²) in [7, 11) is 2.07. The van der Waals surface area contributed by atoms with Crippen LogP contribution in [0.15, 0.2) is 53.5 Å². The Balaban J connectivity index is 1.54. The van der Waals surface area contributed by atoms with Crippen molar-refractivity contribution < 1.29 is 9.53 Å². The Morgan fingerprint density at radius 1 is 1.03 bits per heavy atom. The Kier molecular flexibility index (Phi) is 9.47. The molecule has 0 aliphatic rings. The second kappa shape index (κ2) is 12.3. The number of benzene rings is 2. The number of rotatable bonds is 12. The summed E-state index contributed by atoms with van der Waals surface area (Å²) in [5.41, 5.74) is 18.6. The van der Waals surface area contributed by atoms with E-state index in [2.05, 4.69) is 22.3 Å². The first-order valence-corrected chi connectivity index (χ1v) is 10.0. The van der Waals surface area contributed by atoms with E-state index >= 15 is 0 Å². The summed E-state index contributed by atoms with van der Waals surface area (Å²) >= 11 is 0. The molecule has 0 aliphatic heterocycles. The number of guanidine groups is 1. The lowest BCUT2D eigenvalue weighted by atomic mass is 10.2. The predicted octanol–water partition coefficient (Wildman–Crippen LogP) is 1.56. The molecule has 0 aromatic heterocycles. The maximum atomic E-state index is 12.0. The molecule has 2 aromatic rings. The van der Waals surface area contributed by atoms with Gasteiger partial charge in [-0.1, -0.05) is 12.1 Å². The van der Waals surface area contributed by atoms with Gasteiger partial charge in [0.05, 0.1) is 13.2 Å². The third kappa shape index (κ3) is 8.83. The molecule has 1 amide bonds. The highest BCUT2D eigenvalue weighted by Crippen LogP contribution is 2.13. The van der Waals surface area contributed by atoms with Gasteiger partial charge in [0, 0.05) is 24.3 Å². The molecular weight excluding hydrogens is 380 g/mol. The highest BCUT2D eigenvalue weighted by atomic mass is 16.5. The van der Waals surface area contributed by atoms with Crippen LogP contribution in [-0.2, 0) is 6.54 Å². The topological polar surface area (TPSA) is 132 Å². The van der Waals surface area contributed by atoms with Crippen molar-refractivity contribution in [1.29, 1.82) is 0 Å². The number of nitrogens with two attached hydrogens (primary N) is 3. The summed E-state index contributed by atoms with van der Waals surface area (Å²) in [4.78, 5) is 18.2. The second-order valence-corrected chi connectivity index (χ2v) is 7.12. The molecule has 8 nitrogen and oxygen atoms in total. The van der Waals surface area contributed by atoms with Crippen LogP contribution in [0.25, 0.3) is 0 Å². The molecule has 0 radical (unpaired) electrons. The van der Waals surface area contributed by atoms with Crippen LogP contribution in [0.1, 0.15) is 28.8 Å². The highest BCUT2D eigenvalue weighted by Gasteiger charge is 2.05. The number of hydrogen-bond acceptors (Lipinski definition) is 5. The zero-order valence-electron chi connectivity index (χ0n) is 17.5. The van der Waals surface area contributed by atoms with Crippen LogP contribution in [0.5, 0.6) is 5.75 Å². The van der Waals surface area contributed by atoms with E-state index in [9.17, 15) is 4.79 Å². The molecule has 0 spiro atoms. The number of amides is 1. The second-order valence-electron chi connectivity index (χ2n) is 7.12. The molecule has 162 valence electrons. The molecule has 0 bridgehead atoms. The van der Waals surface area contributed by atoms with Gasteiger partial charge in [0.15, 0.2) is 5.96 Å². The van der Waals surface area contributed by atoms with Crippen LogP contribution in [-0.4, -0.2) is 50.1 Å². The van der Waals surface area contributed by atoms with Gasteiger partial charge in [-0.25, -0.2) is 4.99 Å². The number of nitrogens with one attached hydrogen (secondary N) is 1. The number of carbonyl (C=O) groups is 1. The Hall–Kier alpha value is -3.26. The average molecular weight is 413 g/mol. The van der Waals surface area contributed by atoms with E-state index in [-0.39, 0.29) is 11.9 Å². The molecule has 0 heterocycles. The summed E-state index contributed by atoms with van der Waals surface area (Å²) in [6.45, 7) is 3.57. The lowest BCUT2D eigenvalue weighted by Gasteiger charge is -2.17. The van der Waals surface area contributed by atoms with Gasteiger partial charge >= 0.3 is 0 Å².